The van der Waals surface area contributed by atoms with Crippen molar-refractivity contribution in [3.05, 3.63) is 23.8 Å². The van der Waals surface area contributed by atoms with Crippen LogP contribution in [0, 0.1) is 6.92 Å². The maximum absolute atomic E-state index is 5.44. The number of ether oxygens (including phenoxy) is 1. The molecule has 1 aromatic carbocycles. The first kappa shape index (κ1) is 7.55. The first-order valence-electron chi connectivity index (χ1n) is 3.79. The summed E-state index contributed by atoms with van der Waals surface area (Å²) in [5.74, 6) is 0.881. The highest BCUT2D eigenvalue weighted by atomic mass is 32.1. The minimum absolute atomic E-state index is 0.142. The van der Waals surface area contributed by atoms with Crippen molar-refractivity contribution in [3.8, 4) is 5.75 Å². The van der Waals surface area contributed by atoms with E-state index in [9.17, 15) is 0 Å². The summed E-state index contributed by atoms with van der Waals surface area (Å²) >= 11 is 4.78. The molecule has 62 valence electrons. The van der Waals surface area contributed by atoms with E-state index in [-0.39, 0.29) is 6.23 Å². The minimum atomic E-state index is -0.142. The highest BCUT2D eigenvalue weighted by molar-refractivity contribution is 7.79. The Bertz CT molecular complexity index is 324. The smallest absolute Gasteiger partial charge is 0.199 e. The molecule has 1 unspecified atom stereocenters. The molecule has 12 heavy (non-hydrogen) atoms. The summed E-state index contributed by atoms with van der Waals surface area (Å²) in [4.78, 5) is 0. The van der Waals surface area contributed by atoms with Gasteiger partial charge in [0.1, 0.15) is 5.75 Å². The Hall–Kier alpha value is -1.09. The number of hydrogen-bond acceptors (Lipinski definition) is 3. The fourth-order valence-corrected chi connectivity index (χ4v) is 1.36. The van der Waals surface area contributed by atoms with Crippen LogP contribution in [0.1, 0.15) is 5.56 Å². The van der Waals surface area contributed by atoms with E-state index in [2.05, 4.69) is 5.32 Å². The van der Waals surface area contributed by atoms with Gasteiger partial charge in [0.2, 0.25) is 0 Å². The van der Waals surface area contributed by atoms with Gasteiger partial charge in [0.25, 0.3) is 0 Å². The Morgan fingerprint density at radius 2 is 2.42 bits per heavy atom. The Balaban J connectivity index is 2.35. The van der Waals surface area contributed by atoms with Crippen LogP contribution < -0.4 is 10.1 Å². The second-order valence-corrected chi connectivity index (χ2v) is 3.09. The molecule has 3 heteroatoms. The van der Waals surface area contributed by atoms with Gasteiger partial charge in [0.05, 0.1) is 5.69 Å². The first-order chi connectivity index (χ1) is 5.79. The Labute approximate surface area is 76.5 Å². The number of benzene rings is 1. The Morgan fingerprint density at radius 1 is 1.58 bits per heavy atom. The van der Waals surface area contributed by atoms with Crippen molar-refractivity contribution in [2.45, 2.75) is 13.2 Å². The van der Waals surface area contributed by atoms with E-state index < -0.39 is 0 Å². The molecule has 1 aliphatic heterocycles. The molecule has 2 nitrogen and oxygen atoms in total. The average Bonchev–Trinajstić information content (AvgIpc) is 2.46. The standard InChI is InChI=1S/C9H9NOS/c1-6-2-3-8-7(4-6)10-9(5-12)11-8/h2-5,9-10H,1H3. The zero-order valence-electron chi connectivity index (χ0n) is 6.70. The molecule has 0 saturated heterocycles. The maximum atomic E-state index is 5.44. The van der Waals surface area contributed by atoms with E-state index >= 15 is 0 Å². The van der Waals surface area contributed by atoms with Crippen molar-refractivity contribution < 1.29 is 4.74 Å². The quantitative estimate of drug-likeness (QED) is 0.667. The van der Waals surface area contributed by atoms with Crippen LogP contribution in [0.2, 0.25) is 0 Å². The van der Waals surface area contributed by atoms with Crippen molar-refractivity contribution in [3.63, 3.8) is 0 Å². The van der Waals surface area contributed by atoms with Crippen LogP contribution in [-0.2, 0) is 0 Å². The van der Waals surface area contributed by atoms with Gasteiger partial charge < -0.3 is 10.1 Å². The molecule has 0 fully saturated rings. The van der Waals surface area contributed by atoms with Crippen molar-refractivity contribution >= 4 is 23.3 Å². The minimum Gasteiger partial charge on any atom is -0.464 e. The van der Waals surface area contributed by atoms with Crippen LogP contribution >= 0.6 is 12.2 Å². The van der Waals surface area contributed by atoms with Gasteiger partial charge in [-0.05, 0) is 24.6 Å². The summed E-state index contributed by atoms with van der Waals surface area (Å²) in [5.41, 5.74) is 2.25. The molecular weight excluding hydrogens is 170 g/mol. The third-order valence-electron chi connectivity index (χ3n) is 1.81. The lowest BCUT2D eigenvalue weighted by Crippen LogP contribution is -2.20. The van der Waals surface area contributed by atoms with Gasteiger partial charge in [0, 0.05) is 5.37 Å². The summed E-state index contributed by atoms with van der Waals surface area (Å²) < 4.78 is 5.44. The molecule has 0 spiro atoms. The fraction of sp³-hybridized carbons (Fsp3) is 0.222. The lowest BCUT2D eigenvalue weighted by Gasteiger charge is -2.01. The average molecular weight is 179 g/mol. The van der Waals surface area contributed by atoms with Crippen LogP contribution in [-0.4, -0.2) is 11.6 Å². The highest BCUT2D eigenvalue weighted by Crippen LogP contribution is 2.31. The molecule has 0 saturated carbocycles. The summed E-state index contributed by atoms with van der Waals surface area (Å²) in [7, 11) is 0. The molecule has 0 aromatic heterocycles. The van der Waals surface area contributed by atoms with E-state index in [4.69, 9.17) is 17.0 Å². The van der Waals surface area contributed by atoms with Gasteiger partial charge >= 0.3 is 0 Å². The van der Waals surface area contributed by atoms with E-state index in [1.807, 2.05) is 25.1 Å². The molecule has 1 N–H and O–H groups in total. The predicted molar refractivity (Wildman–Crippen MR) is 52.9 cm³/mol. The molecule has 2 rings (SSSR count). The largest absolute Gasteiger partial charge is 0.464 e. The Kier molecular flexibility index (Phi) is 1.73. The Morgan fingerprint density at radius 3 is 3.17 bits per heavy atom. The third kappa shape index (κ3) is 1.16. The van der Waals surface area contributed by atoms with E-state index in [1.165, 1.54) is 5.56 Å². The molecule has 0 bridgehead atoms. The van der Waals surface area contributed by atoms with Crippen LogP contribution in [0.5, 0.6) is 5.75 Å². The second-order valence-electron chi connectivity index (χ2n) is 2.82. The molecule has 1 heterocycles. The number of hydrogen-bond donors (Lipinski definition) is 1. The normalized spacial score (nSPS) is 19.2. The van der Waals surface area contributed by atoms with Crippen LogP contribution in [0.4, 0.5) is 5.69 Å². The predicted octanol–water partition coefficient (Wildman–Crippen LogP) is 2.13. The van der Waals surface area contributed by atoms with Gasteiger partial charge in [-0.25, -0.2) is 0 Å². The highest BCUT2D eigenvalue weighted by Gasteiger charge is 2.18. The molecule has 1 aliphatic rings. The SMILES string of the molecule is Cc1ccc2c(c1)NC(C=S)O2. The molecule has 0 amide bonds. The molecule has 0 radical (unpaired) electrons. The second kappa shape index (κ2) is 2.75. The lowest BCUT2D eigenvalue weighted by atomic mass is 10.2. The van der Waals surface area contributed by atoms with Gasteiger partial charge in [-0.15, -0.1) is 0 Å². The first-order valence-corrected chi connectivity index (χ1v) is 4.26. The summed E-state index contributed by atoms with van der Waals surface area (Å²) in [6.45, 7) is 2.05. The van der Waals surface area contributed by atoms with Crippen LogP contribution in [0.3, 0.4) is 0 Å². The number of thiocarbonyl (C=S) groups is 1. The van der Waals surface area contributed by atoms with Gasteiger partial charge in [-0.3, -0.25) is 0 Å². The fourth-order valence-electron chi connectivity index (χ4n) is 1.24. The van der Waals surface area contributed by atoms with Crippen molar-refractivity contribution in [1.29, 1.82) is 0 Å². The van der Waals surface area contributed by atoms with Crippen LogP contribution in [0.15, 0.2) is 18.2 Å². The van der Waals surface area contributed by atoms with Crippen LogP contribution in [0.25, 0.3) is 0 Å². The lowest BCUT2D eigenvalue weighted by molar-refractivity contribution is 0.327. The van der Waals surface area contributed by atoms with Gasteiger partial charge in [0.15, 0.2) is 6.23 Å². The number of rotatable bonds is 1. The zero-order valence-corrected chi connectivity index (χ0v) is 7.52. The molecule has 0 aliphatic carbocycles. The van der Waals surface area contributed by atoms with Crippen molar-refractivity contribution in [1.82, 2.24) is 0 Å². The zero-order chi connectivity index (χ0) is 8.55. The van der Waals surface area contributed by atoms with Gasteiger partial charge in [-0.2, -0.15) is 0 Å². The monoisotopic (exact) mass is 179 g/mol. The summed E-state index contributed by atoms with van der Waals surface area (Å²) in [6, 6.07) is 6.02. The number of aryl methyl sites for hydroxylation is 1. The number of fused-ring (bicyclic) bond motifs is 1. The summed E-state index contributed by atoms with van der Waals surface area (Å²) in [6.07, 6.45) is -0.142. The molecule has 1 atom stereocenters. The van der Waals surface area contributed by atoms with E-state index in [1.54, 1.807) is 5.37 Å². The maximum Gasteiger partial charge on any atom is 0.199 e. The third-order valence-corrected chi connectivity index (χ3v) is 2.06. The van der Waals surface area contributed by atoms with Gasteiger partial charge in [-0.1, -0.05) is 18.3 Å². The molecule has 1 aromatic rings. The van der Waals surface area contributed by atoms with Crippen molar-refractivity contribution in [2.75, 3.05) is 5.32 Å². The van der Waals surface area contributed by atoms with E-state index in [0.29, 0.717) is 0 Å². The topological polar surface area (TPSA) is 21.3 Å². The van der Waals surface area contributed by atoms with E-state index in [0.717, 1.165) is 11.4 Å². The number of nitrogens with one attached hydrogen (secondary N) is 1. The number of anilines is 1. The summed E-state index contributed by atoms with van der Waals surface area (Å²) in [5, 5.41) is 4.72. The van der Waals surface area contributed by atoms with Crippen molar-refractivity contribution in [2.24, 2.45) is 0 Å². The molecular formula is C9H9NOS.